The molecule has 1 atom stereocenters. The third-order valence-corrected chi connectivity index (χ3v) is 4.29. The topological polar surface area (TPSA) is 67.2 Å². The molecule has 1 saturated heterocycles. The number of imidazole rings is 1. The van der Waals surface area contributed by atoms with Crippen molar-refractivity contribution in [2.75, 3.05) is 27.2 Å². The largest absolute Gasteiger partial charge is 0.333 e. The van der Waals surface area contributed by atoms with Gasteiger partial charge in [-0.2, -0.15) is 0 Å². The lowest BCUT2D eigenvalue weighted by molar-refractivity contribution is -0.132. The first-order valence-corrected chi connectivity index (χ1v) is 8.39. The van der Waals surface area contributed by atoms with Crippen molar-refractivity contribution in [3.63, 3.8) is 0 Å². The van der Waals surface area contributed by atoms with Gasteiger partial charge in [-0.25, -0.2) is 9.97 Å². The van der Waals surface area contributed by atoms with Crippen LogP contribution in [-0.2, 0) is 11.2 Å². The monoisotopic (exact) mass is 328 g/mol. The zero-order valence-electron chi connectivity index (χ0n) is 14.5. The number of carbonyl (C=O) groups is 1. The minimum atomic E-state index is 0.0125. The normalized spacial score (nSPS) is 17.7. The Morgan fingerprint density at radius 1 is 1.38 bits per heavy atom. The average molecular weight is 328 g/mol. The van der Waals surface area contributed by atoms with E-state index in [9.17, 15) is 4.79 Å². The fraction of sp³-hybridized carbons (Fsp3) is 0.529. The van der Waals surface area contributed by atoms with Crippen molar-refractivity contribution in [1.29, 1.82) is 0 Å². The van der Waals surface area contributed by atoms with Gasteiger partial charge in [-0.3, -0.25) is 14.3 Å². The van der Waals surface area contributed by atoms with Gasteiger partial charge in [0, 0.05) is 25.4 Å². The lowest BCUT2D eigenvalue weighted by Gasteiger charge is -2.25. The molecular formula is C17H24N6O. The van der Waals surface area contributed by atoms with Crippen molar-refractivity contribution in [3.8, 4) is 5.82 Å². The summed E-state index contributed by atoms with van der Waals surface area (Å²) >= 11 is 0. The SMILES string of the molecule is CCc1nccn1-c1cncc([C@H]2CCCN2C(=O)CN(C)C)n1. The van der Waals surface area contributed by atoms with Gasteiger partial charge in [-0.15, -0.1) is 0 Å². The summed E-state index contributed by atoms with van der Waals surface area (Å²) in [6.07, 6.45) is 9.95. The first kappa shape index (κ1) is 16.6. The van der Waals surface area contributed by atoms with Gasteiger partial charge in [0.1, 0.15) is 5.82 Å². The highest BCUT2D eigenvalue weighted by atomic mass is 16.2. The van der Waals surface area contributed by atoms with Gasteiger partial charge in [0.05, 0.1) is 30.7 Å². The Hall–Kier alpha value is -2.28. The van der Waals surface area contributed by atoms with Crippen LogP contribution in [0.3, 0.4) is 0 Å². The molecule has 3 rings (SSSR count). The summed E-state index contributed by atoms with van der Waals surface area (Å²) in [4.78, 5) is 29.8. The smallest absolute Gasteiger partial charge is 0.237 e. The molecular weight excluding hydrogens is 304 g/mol. The zero-order valence-corrected chi connectivity index (χ0v) is 14.5. The second-order valence-electron chi connectivity index (χ2n) is 6.35. The van der Waals surface area contributed by atoms with Crippen LogP contribution >= 0.6 is 0 Å². The molecule has 128 valence electrons. The molecule has 1 aliphatic rings. The Balaban J connectivity index is 1.87. The summed E-state index contributed by atoms with van der Waals surface area (Å²) in [7, 11) is 3.82. The molecule has 0 saturated carbocycles. The van der Waals surface area contributed by atoms with E-state index in [0.29, 0.717) is 6.54 Å². The maximum absolute atomic E-state index is 12.5. The van der Waals surface area contributed by atoms with Crippen LogP contribution in [0, 0.1) is 0 Å². The van der Waals surface area contributed by atoms with Crippen LogP contribution in [0.2, 0.25) is 0 Å². The first-order chi connectivity index (χ1) is 11.6. The van der Waals surface area contributed by atoms with Crippen LogP contribution in [0.4, 0.5) is 0 Å². The van der Waals surface area contributed by atoms with Gasteiger partial charge in [0.15, 0.2) is 5.82 Å². The van der Waals surface area contributed by atoms with Crippen LogP contribution in [0.15, 0.2) is 24.8 Å². The number of hydrogen-bond acceptors (Lipinski definition) is 5. The van der Waals surface area contributed by atoms with E-state index >= 15 is 0 Å². The summed E-state index contributed by atoms with van der Waals surface area (Å²) in [5.74, 6) is 1.86. The first-order valence-electron chi connectivity index (χ1n) is 8.39. The lowest BCUT2D eigenvalue weighted by Crippen LogP contribution is -2.37. The molecule has 3 heterocycles. The highest BCUT2D eigenvalue weighted by Crippen LogP contribution is 2.31. The number of nitrogens with zero attached hydrogens (tertiary/aromatic N) is 6. The maximum atomic E-state index is 12.5. The van der Waals surface area contributed by atoms with Gasteiger partial charge in [-0.1, -0.05) is 6.92 Å². The summed E-state index contributed by atoms with van der Waals surface area (Å²) in [5, 5.41) is 0. The van der Waals surface area contributed by atoms with E-state index in [0.717, 1.165) is 43.1 Å². The number of carbonyl (C=O) groups excluding carboxylic acids is 1. The molecule has 7 nitrogen and oxygen atoms in total. The fourth-order valence-electron chi connectivity index (χ4n) is 3.19. The predicted octanol–water partition coefficient (Wildman–Crippen LogP) is 1.45. The zero-order chi connectivity index (χ0) is 17.1. The van der Waals surface area contributed by atoms with Gasteiger partial charge in [-0.05, 0) is 26.9 Å². The Morgan fingerprint density at radius 3 is 2.96 bits per heavy atom. The van der Waals surface area contributed by atoms with Crippen LogP contribution in [0.1, 0.15) is 37.3 Å². The molecule has 2 aromatic rings. The molecule has 0 radical (unpaired) electrons. The quantitative estimate of drug-likeness (QED) is 0.831. The number of amides is 1. The molecule has 7 heteroatoms. The summed E-state index contributed by atoms with van der Waals surface area (Å²) < 4.78 is 1.96. The van der Waals surface area contributed by atoms with Crippen molar-refractivity contribution >= 4 is 5.91 Å². The van der Waals surface area contributed by atoms with Crippen molar-refractivity contribution < 1.29 is 4.79 Å². The molecule has 1 amide bonds. The standard InChI is InChI=1S/C17H24N6O/c1-4-15-19-7-9-23(15)16-11-18-10-13(20-16)14-6-5-8-22(14)17(24)12-21(2)3/h7,9-11,14H,4-6,8,12H2,1-3H3/t14-/m1/s1. The second kappa shape index (κ2) is 7.09. The van der Waals surface area contributed by atoms with Crippen LogP contribution < -0.4 is 0 Å². The van der Waals surface area contributed by atoms with Crippen molar-refractivity contribution in [1.82, 2.24) is 29.3 Å². The highest BCUT2D eigenvalue weighted by Gasteiger charge is 2.31. The molecule has 2 aromatic heterocycles. The van der Waals surface area contributed by atoms with Crippen LogP contribution in [-0.4, -0.2) is 62.4 Å². The van der Waals surface area contributed by atoms with Gasteiger partial charge in [0.2, 0.25) is 5.91 Å². The molecule has 1 aliphatic heterocycles. The number of hydrogen-bond donors (Lipinski definition) is 0. The Labute approximate surface area is 142 Å². The minimum Gasteiger partial charge on any atom is -0.333 e. The van der Waals surface area contributed by atoms with E-state index in [-0.39, 0.29) is 11.9 Å². The summed E-state index contributed by atoms with van der Waals surface area (Å²) in [6, 6.07) is 0.0125. The molecule has 0 aromatic carbocycles. The second-order valence-corrected chi connectivity index (χ2v) is 6.35. The van der Waals surface area contributed by atoms with Gasteiger partial charge in [0.25, 0.3) is 0 Å². The van der Waals surface area contributed by atoms with E-state index in [1.165, 1.54) is 0 Å². The molecule has 0 N–H and O–H groups in total. The van der Waals surface area contributed by atoms with E-state index in [1.54, 1.807) is 18.6 Å². The molecule has 1 fully saturated rings. The van der Waals surface area contributed by atoms with Crippen LogP contribution in [0.25, 0.3) is 5.82 Å². The molecule has 0 aliphatic carbocycles. The van der Waals surface area contributed by atoms with Crippen molar-refractivity contribution in [3.05, 3.63) is 36.3 Å². The number of likely N-dealkylation sites (N-methyl/N-ethyl adjacent to an activating group) is 1. The third-order valence-electron chi connectivity index (χ3n) is 4.29. The Bertz CT molecular complexity index is 711. The fourth-order valence-corrected chi connectivity index (χ4v) is 3.19. The Morgan fingerprint density at radius 2 is 2.21 bits per heavy atom. The van der Waals surface area contributed by atoms with E-state index in [2.05, 4.69) is 16.9 Å². The highest BCUT2D eigenvalue weighted by molar-refractivity contribution is 5.79. The third kappa shape index (κ3) is 3.31. The summed E-state index contributed by atoms with van der Waals surface area (Å²) in [6.45, 7) is 3.27. The van der Waals surface area contributed by atoms with Crippen molar-refractivity contribution in [2.45, 2.75) is 32.2 Å². The number of aromatic nitrogens is 4. The number of likely N-dealkylation sites (tertiary alicyclic amines) is 1. The lowest BCUT2D eigenvalue weighted by atomic mass is 10.1. The van der Waals surface area contributed by atoms with E-state index in [4.69, 9.17) is 4.98 Å². The molecule has 0 unspecified atom stereocenters. The number of aryl methyl sites for hydroxylation is 1. The van der Waals surface area contributed by atoms with E-state index < -0.39 is 0 Å². The van der Waals surface area contributed by atoms with Crippen molar-refractivity contribution in [2.24, 2.45) is 0 Å². The summed E-state index contributed by atoms with van der Waals surface area (Å²) in [5.41, 5.74) is 0.854. The molecule has 0 bridgehead atoms. The molecule has 24 heavy (non-hydrogen) atoms. The van der Waals surface area contributed by atoms with Gasteiger partial charge >= 0.3 is 0 Å². The maximum Gasteiger partial charge on any atom is 0.237 e. The minimum absolute atomic E-state index is 0.0125. The Kier molecular flexibility index (Phi) is 4.89. The average Bonchev–Trinajstić information content (AvgIpc) is 3.23. The van der Waals surface area contributed by atoms with E-state index in [1.807, 2.05) is 34.7 Å². The molecule has 0 spiro atoms. The van der Waals surface area contributed by atoms with Crippen LogP contribution in [0.5, 0.6) is 0 Å². The van der Waals surface area contributed by atoms with Gasteiger partial charge < -0.3 is 9.80 Å². The predicted molar refractivity (Wildman–Crippen MR) is 90.8 cm³/mol. The number of rotatable bonds is 5.